The van der Waals surface area contributed by atoms with Crippen molar-refractivity contribution in [3.63, 3.8) is 0 Å². The molecular weight excluding hydrogens is 228 g/mol. The Kier molecular flexibility index (Phi) is 9.08. The number of carbonyl (C=O) groups excluding carboxylic acids is 1. The number of nitrogens with one attached hydrogen (secondary N) is 2. The van der Waals surface area contributed by atoms with E-state index in [-0.39, 0.29) is 0 Å². The molecule has 7 heteroatoms. The molecule has 0 aliphatic heterocycles. The predicted molar refractivity (Wildman–Crippen MR) is 60.9 cm³/mol. The summed E-state index contributed by atoms with van der Waals surface area (Å²) in [6.07, 6.45) is 0.665. The van der Waals surface area contributed by atoms with E-state index in [0.29, 0.717) is 32.8 Å². The average Bonchev–Trinajstić information content (AvgIpc) is 2.27. The van der Waals surface area contributed by atoms with Crippen molar-refractivity contribution < 1.29 is 24.2 Å². The van der Waals surface area contributed by atoms with Crippen LogP contribution in [-0.2, 0) is 14.3 Å². The van der Waals surface area contributed by atoms with Gasteiger partial charge >= 0.3 is 12.0 Å². The Morgan fingerprint density at radius 2 is 2.00 bits per heavy atom. The summed E-state index contributed by atoms with van der Waals surface area (Å²) in [7, 11) is 1.60. The number of ether oxygens (including phenoxy) is 2. The molecule has 0 aromatic rings. The summed E-state index contributed by atoms with van der Waals surface area (Å²) in [4.78, 5) is 21.6. The van der Waals surface area contributed by atoms with Crippen molar-refractivity contribution >= 4 is 12.0 Å². The van der Waals surface area contributed by atoms with E-state index in [1.54, 1.807) is 7.11 Å². The van der Waals surface area contributed by atoms with Gasteiger partial charge < -0.3 is 25.2 Å². The SMILES string of the molecule is COCCOCCCNC(=O)N[C@@H](C)C(=O)O. The maximum atomic E-state index is 11.1. The lowest BCUT2D eigenvalue weighted by Crippen LogP contribution is -2.44. The minimum atomic E-state index is -1.07. The fourth-order valence-electron chi connectivity index (χ4n) is 0.930. The lowest BCUT2D eigenvalue weighted by atomic mass is 10.3. The van der Waals surface area contributed by atoms with Gasteiger partial charge in [-0.1, -0.05) is 0 Å². The first-order valence-electron chi connectivity index (χ1n) is 5.41. The summed E-state index contributed by atoms with van der Waals surface area (Å²) in [5.74, 6) is -1.07. The Bertz CT molecular complexity index is 235. The zero-order chi connectivity index (χ0) is 13.1. The van der Waals surface area contributed by atoms with E-state index in [1.165, 1.54) is 6.92 Å². The van der Waals surface area contributed by atoms with Gasteiger partial charge in [0.2, 0.25) is 0 Å². The first-order chi connectivity index (χ1) is 8.07. The lowest BCUT2D eigenvalue weighted by molar-refractivity contribution is -0.138. The number of hydrogen-bond acceptors (Lipinski definition) is 4. The Labute approximate surface area is 100 Å². The normalized spacial score (nSPS) is 11.9. The van der Waals surface area contributed by atoms with Gasteiger partial charge in [-0.15, -0.1) is 0 Å². The fraction of sp³-hybridized carbons (Fsp3) is 0.800. The van der Waals surface area contributed by atoms with Gasteiger partial charge in [0.1, 0.15) is 6.04 Å². The Hall–Kier alpha value is -1.34. The second kappa shape index (κ2) is 9.86. The van der Waals surface area contributed by atoms with E-state index >= 15 is 0 Å². The molecule has 0 aliphatic carbocycles. The largest absolute Gasteiger partial charge is 0.480 e. The molecule has 0 aliphatic rings. The van der Waals surface area contributed by atoms with Crippen molar-refractivity contribution in [3.8, 4) is 0 Å². The van der Waals surface area contributed by atoms with Crippen LogP contribution in [0.2, 0.25) is 0 Å². The van der Waals surface area contributed by atoms with Crippen LogP contribution in [-0.4, -0.2) is 56.6 Å². The number of amides is 2. The smallest absolute Gasteiger partial charge is 0.325 e. The van der Waals surface area contributed by atoms with Gasteiger partial charge in [-0.05, 0) is 13.3 Å². The monoisotopic (exact) mass is 248 g/mol. The van der Waals surface area contributed by atoms with Gasteiger partial charge in [-0.3, -0.25) is 4.79 Å². The van der Waals surface area contributed by atoms with Crippen molar-refractivity contribution in [2.24, 2.45) is 0 Å². The molecule has 0 bridgehead atoms. The molecule has 100 valence electrons. The summed E-state index contributed by atoms with van der Waals surface area (Å²) >= 11 is 0. The molecule has 0 saturated heterocycles. The zero-order valence-electron chi connectivity index (χ0n) is 10.2. The number of urea groups is 1. The van der Waals surface area contributed by atoms with E-state index in [4.69, 9.17) is 14.6 Å². The second-order valence-corrected chi connectivity index (χ2v) is 3.42. The molecule has 0 fully saturated rings. The quantitative estimate of drug-likeness (QED) is 0.491. The third-order valence-electron chi connectivity index (χ3n) is 1.90. The zero-order valence-corrected chi connectivity index (χ0v) is 10.2. The maximum absolute atomic E-state index is 11.1. The minimum absolute atomic E-state index is 0.436. The summed E-state index contributed by atoms with van der Waals surface area (Å²) in [5.41, 5.74) is 0. The summed E-state index contributed by atoms with van der Waals surface area (Å²) < 4.78 is 9.98. The molecule has 0 unspecified atom stereocenters. The Balaban J connectivity index is 3.36. The molecule has 1 atom stereocenters. The van der Waals surface area contributed by atoms with Gasteiger partial charge in [-0.2, -0.15) is 0 Å². The van der Waals surface area contributed by atoms with Gasteiger partial charge in [0, 0.05) is 20.3 Å². The highest BCUT2D eigenvalue weighted by molar-refractivity contribution is 5.82. The molecular formula is C10H20N2O5. The van der Waals surface area contributed by atoms with Crippen LogP contribution < -0.4 is 10.6 Å². The third kappa shape index (κ3) is 9.58. The van der Waals surface area contributed by atoms with Crippen LogP contribution >= 0.6 is 0 Å². The number of aliphatic carboxylic acids is 1. The van der Waals surface area contributed by atoms with Crippen LogP contribution in [0.1, 0.15) is 13.3 Å². The molecule has 0 radical (unpaired) electrons. The van der Waals surface area contributed by atoms with E-state index < -0.39 is 18.0 Å². The molecule has 0 rings (SSSR count). The van der Waals surface area contributed by atoms with Crippen molar-refractivity contribution in [2.45, 2.75) is 19.4 Å². The molecule has 0 spiro atoms. The number of rotatable bonds is 9. The first-order valence-corrected chi connectivity index (χ1v) is 5.41. The average molecular weight is 248 g/mol. The van der Waals surface area contributed by atoms with Crippen LogP contribution in [0.5, 0.6) is 0 Å². The number of carbonyl (C=O) groups is 2. The molecule has 0 saturated carbocycles. The second-order valence-electron chi connectivity index (χ2n) is 3.42. The van der Waals surface area contributed by atoms with Crippen LogP contribution in [0.4, 0.5) is 4.79 Å². The summed E-state index contributed by atoms with van der Waals surface area (Å²) in [5, 5.41) is 13.4. The maximum Gasteiger partial charge on any atom is 0.325 e. The third-order valence-corrected chi connectivity index (χ3v) is 1.90. The molecule has 3 N–H and O–H groups in total. The predicted octanol–water partition coefficient (Wildman–Crippen LogP) is -0.188. The van der Waals surface area contributed by atoms with Crippen molar-refractivity contribution in [3.05, 3.63) is 0 Å². The highest BCUT2D eigenvalue weighted by Gasteiger charge is 2.12. The van der Waals surface area contributed by atoms with Crippen molar-refractivity contribution in [2.75, 3.05) is 33.5 Å². The van der Waals surface area contributed by atoms with E-state index in [2.05, 4.69) is 10.6 Å². The van der Waals surface area contributed by atoms with Gasteiger partial charge in [-0.25, -0.2) is 4.79 Å². The molecule has 0 heterocycles. The number of carboxylic acid groups (broad SMARTS) is 1. The van der Waals surface area contributed by atoms with Crippen LogP contribution in [0.15, 0.2) is 0 Å². The van der Waals surface area contributed by atoms with E-state index in [1.807, 2.05) is 0 Å². The topological polar surface area (TPSA) is 96.9 Å². The lowest BCUT2D eigenvalue weighted by Gasteiger charge is -2.10. The van der Waals surface area contributed by atoms with Crippen molar-refractivity contribution in [1.82, 2.24) is 10.6 Å². The van der Waals surface area contributed by atoms with Gasteiger partial charge in [0.15, 0.2) is 0 Å². The Morgan fingerprint density at radius 3 is 2.59 bits per heavy atom. The highest BCUT2D eigenvalue weighted by atomic mass is 16.5. The Morgan fingerprint density at radius 1 is 1.29 bits per heavy atom. The van der Waals surface area contributed by atoms with E-state index in [0.717, 1.165) is 0 Å². The summed E-state index contributed by atoms with van der Waals surface area (Å²) in [6.45, 7) is 3.43. The number of carboxylic acids is 1. The number of methoxy groups -OCH3 is 1. The van der Waals surface area contributed by atoms with Crippen molar-refractivity contribution in [1.29, 1.82) is 0 Å². The first kappa shape index (κ1) is 15.7. The molecule has 2 amide bonds. The van der Waals surface area contributed by atoms with Crippen LogP contribution in [0.3, 0.4) is 0 Å². The summed E-state index contributed by atoms with van der Waals surface area (Å²) in [6, 6.07) is -1.38. The number of hydrogen-bond donors (Lipinski definition) is 3. The fourth-order valence-corrected chi connectivity index (χ4v) is 0.930. The minimum Gasteiger partial charge on any atom is -0.480 e. The molecule has 7 nitrogen and oxygen atoms in total. The highest BCUT2D eigenvalue weighted by Crippen LogP contribution is 1.83. The van der Waals surface area contributed by atoms with Crippen LogP contribution in [0.25, 0.3) is 0 Å². The molecule has 0 aromatic carbocycles. The van der Waals surface area contributed by atoms with Gasteiger partial charge in [0.05, 0.1) is 13.2 Å². The molecule has 17 heavy (non-hydrogen) atoms. The molecule has 0 aromatic heterocycles. The standard InChI is InChI=1S/C10H20N2O5/c1-8(9(13)14)12-10(15)11-4-3-5-17-7-6-16-2/h8H,3-7H2,1-2H3,(H,13,14)(H2,11,12,15)/t8-/m0/s1. The van der Waals surface area contributed by atoms with Crippen LogP contribution in [0, 0.1) is 0 Å². The van der Waals surface area contributed by atoms with Gasteiger partial charge in [0.25, 0.3) is 0 Å². The van der Waals surface area contributed by atoms with E-state index in [9.17, 15) is 9.59 Å².